The number of non-ortho nitro benzene ring substituents is 1. The molecular formula is C14H15N3O3. The molecule has 0 fully saturated rings. The zero-order valence-corrected chi connectivity index (χ0v) is 11.2. The summed E-state index contributed by atoms with van der Waals surface area (Å²) in [4.78, 5) is 14.5. The Morgan fingerprint density at radius 1 is 1.35 bits per heavy atom. The number of hydrogen-bond acceptors (Lipinski definition) is 5. The summed E-state index contributed by atoms with van der Waals surface area (Å²) in [5.74, 6) is 0.951. The summed E-state index contributed by atoms with van der Waals surface area (Å²) in [5.41, 5.74) is 7.28. The van der Waals surface area contributed by atoms with Crippen LogP contribution in [0.3, 0.4) is 0 Å². The van der Waals surface area contributed by atoms with Crippen molar-refractivity contribution in [3.8, 4) is 11.5 Å². The van der Waals surface area contributed by atoms with Crippen LogP contribution in [0.5, 0.6) is 11.5 Å². The molecule has 0 amide bonds. The second-order valence-electron chi connectivity index (χ2n) is 4.52. The van der Waals surface area contributed by atoms with Crippen LogP contribution < -0.4 is 10.5 Å². The molecule has 2 N–H and O–H groups in total. The summed E-state index contributed by atoms with van der Waals surface area (Å²) in [5, 5.41) is 10.8. The quantitative estimate of drug-likeness (QED) is 0.682. The van der Waals surface area contributed by atoms with E-state index in [9.17, 15) is 10.1 Å². The van der Waals surface area contributed by atoms with Gasteiger partial charge in [-0.2, -0.15) is 0 Å². The maximum Gasteiger partial charge on any atom is 0.273 e. The lowest BCUT2D eigenvalue weighted by Crippen LogP contribution is -2.06. The predicted octanol–water partition coefficient (Wildman–Crippen LogP) is 3.11. The Hall–Kier alpha value is -2.47. The van der Waals surface area contributed by atoms with Crippen LogP contribution in [0.25, 0.3) is 0 Å². The average molecular weight is 273 g/mol. The summed E-state index contributed by atoms with van der Waals surface area (Å²) in [6.45, 7) is 3.66. The fourth-order valence-electron chi connectivity index (χ4n) is 1.66. The number of nitro groups is 1. The Morgan fingerprint density at radius 2 is 2.10 bits per heavy atom. The molecule has 20 heavy (non-hydrogen) atoms. The molecule has 0 saturated heterocycles. The SMILES string of the molecule is Cc1ccc([N+](=O)[O-])cc1Oc1ccc([C@H](C)N)nc1. The van der Waals surface area contributed by atoms with Gasteiger partial charge in [-0.15, -0.1) is 0 Å². The van der Waals surface area contributed by atoms with Gasteiger partial charge in [-0.1, -0.05) is 0 Å². The highest BCUT2D eigenvalue weighted by molar-refractivity contribution is 5.45. The first-order valence-corrected chi connectivity index (χ1v) is 6.12. The maximum atomic E-state index is 10.8. The number of rotatable bonds is 4. The van der Waals surface area contributed by atoms with Crippen LogP contribution in [-0.4, -0.2) is 9.91 Å². The maximum absolute atomic E-state index is 10.8. The van der Waals surface area contributed by atoms with E-state index in [-0.39, 0.29) is 11.7 Å². The van der Waals surface area contributed by atoms with Crippen LogP contribution in [-0.2, 0) is 0 Å². The number of nitrogens with two attached hydrogens (primary N) is 1. The third kappa shape index (κ3) is 3.10. The Labute approximate surface area is 116 Å². The summed E-state index contributed by atoms with van der Waals surface area (Å²) < 4.78 is 5.63. The number of aromatic nitrogens is 1. The number of benzene rings is 1. The minimum absolute atomic E-state index is 0.00856. The molecule has 0 aliphatic carbocycles. The van der Waals surface area contributed by atoms with Crippen LogP contribution in [0.15, 0.2) is 36.5 Å². The Morgan fingerprint density at radius 3 is 2.65 bits per heavy atom. The van der Waals surface area contributed by atoms with Gasteiger partial charge in [-0.3, -0.25) is 15.1 Å². The monoisotopic (exact) mass is 273 g/mol. The minimum atomic E-state index is -0.455. The van der Waals surface area contributed by atoms with E-state index in [1.807, 2.05) is 13.8 Å². The number of ether oxygens (including phenoxy) is 1. The number of hydrogen-bond donors (Lipinski definition) is 1. The van der Waals surface area contributed by atoms with Gasteiger partial charge in [0.05, 0.1) is 22.9 Å². The fourth-order valence-corrected chi connectivity index (χ4v) is 1.66. The van der Waals surface area contributed by atoms with Crippen molar-refractivity contribution in [3.63, 3.8) is 0 Å². The van der Waals surface area contributed by atoms with E-state index in [1.165, 1.54) is 12.1 Å². The number of aryl methyl sites for hydroxylation is 1. The molecule has 1 aromatic carbocycles. The number of nitrogens with zero attached hydrogens (tertiary/aromatic N) is 2. The summed E-state index contributed by atoms with van der Waals surface area (Å²) in [7, 11) is 0. The lowest BCUT2D eigenvalue weighted by molar-refractivity contribution is -0.384. The van der Waals surface area contributed by atoms with E-state index in [0.29, 0.717) is 11.5 Å². The molecular weight excluding hydrogens is 258 g/mol. The number of pyridine rings is 1. The molecule has 0 aliphatic heterocycles. The van der Waals surface area contributed by atoms with Crippen molar-refractivity contribution in [2.24, 2.45) is 5.73 Å². The van der Waals surface area contributed by atoms with E-state index in [2.05, 4.69) is 4.98 Å². The van der Waals surface area contributed by atoms with Gasteiger partial charge in [-0.25, -0.2) is 0 Å². The molecule has 2 rings (SSSR count). The Bertz CT molecular complexity index is 624. The van der Waals surface area contributed by atoms with Crippen molar-refractivity contribution in [2.75, 3.05) is 0 Å². The van der Waals surface area contributed by atoms with Crippen molar-refractivity contribution in [1.82, 2.24) is 4.98 Å². The zero-order chi connectivity index (χ0) is 14.7. The standard InChI is InChI=1S/C14H15N3O3/c1-9-3-4-11(17(18)19)7-14(9)20-12-5-6-13(10(2)15)16-8-12/h3-8,10H,15H2,1-2H3/t10-/m0/s1. The van der Waals surface area contributed by atoms with Gasteiger partial charge >= 0.3 is 0 Å². The first-order chi connectivity index (χ1) is 9.47. The van der Waals surface area contributed by atoms with E-state index < -0.39 is 4.92 Å². The first kappa shape index (κ1) is 14.0. The topological polar surface area (TPSA) is 91.3 Å². The Kier molecular flexibility index (Phi) is 3.95. The molecule has 0 radical (unpaired) electrons. The van der Waals surface area contributed by atoms with Gasteiger partial charge in [0.2, 0.25) is 0 Å². The molecule has 0 saturated carbocycles. The van der Waals surface area contributed by atoms with Crippen LogP contribution in [0.4, 0.5) is 5.69 Å². The third-order valence-corrected chi connectivity index (χ3v) is 2.84. The molecule has 2 aromatic rings. The largest absolute Gasteiger partial charge is 0.455 e. The molecule has 0 spiro atoms. The normalized spacial score (nSPS) is 11.9. The molecule has 6 nitrogen and oxygen atoms in total. The van der Waals surface area contributed by atoms with E-state index in [0.717, 1.165) is 11.3 Å². The van der Waals surface area contributed by atoms with Crippen molar-refractivity contribution in [1.29, 1.82) is 0 Å². The highest BCUT2D eigenvalue weighted by atomic mass is 16.6. The van der Waals surface area contributed by atoms with Gasteiger partial charge in [-0.05, 0) is 37.6 Å². The Balaban J connectivity index is 2.25. The lowest BCUT2D eigenvalue weighted by Gasteiger charge is -2.09. The zero-order valence-electron chi connectivity index (χ0n) is 11.2. The third-order valence-electron chi connectivity index (χ3n) is 2.84. The summed E-state index contributed by atoms with van der Waals surface area (Å²) in [6, 6.07) is 7.85. The van der Waals surface area contributed by atoms with Crippen molar-refractivity contribution in [2.45, 2.75) is 19.9 Å². The molecule has 1 heterocycles. The van der Waals surface area contributed by atoms with Gasteiger partial charge < -0.3 is 10.5 Å². The van der Waals surface area contributed by atoms with Crippen LogP contribution in [0, 0.1) is 17.0 Å². The second kappa shape index (κ2) is 5.66. The second-order valence-corrected chi connectivity index (χ2v) is 4.52. The first-order valence-electron chi connectivity index (χ1n) is 6.12. The molecule has 0 aliphatic rings. The minimum Gasteiger partial charge on any atom is -0.455 e. The molecule has 104 valence electrons. The van der Waals surface area contributed by atoms with Crippen LogP contribution >= 0.6 is 0 Å². The van der Waals surface area contributed by atoms with Gasteiger partial charge in [0.15, 0.2) is 0 Å². The van der Waals surface area contributed by atoms with E-state index in [1.54, 1.807) is 24.4 Å². The molecule has 1 aromatic heterocycles. The molecule has 0 unspecified atom stereocenters. The lowest BCUT2D eigenvalue weighted by atomic mass is 10.2. The van der Waals surface area contributed by atoms with Crippen molar-refractivity contribution in [3.05, 3.63) is 57.9 Å². The smallest absolute Gasteiger partial charge is 0.273 e. The highest BCUT2D eigenvalue weighted by Crippen LogP contribution is 2.28. The van der Waals surface area contributed by atoms with Gasteiger partial charge in [0, 0.05) is 12.1 Å². The predicted molar refractivity (Wildman–Crippen MR) is 74.7 cm³/mol. The van der Waals surface area contributed by atoms with Gasteiger partial charge in [0.1, 0.15) is 11.5 Å². The molecule has 1 atom stereocenters. The van der Waals surface area contributed by atoms with Crippen molar-refractivity contribution < 1.29 is 9.66 Å². The van der Waals surface area contributed by atoms with Gasteiger partial charge in [0.25, 0.3) is 5.69 Å². The van der Waals surface area contributed by atoms with E-state index >= 15 is 0 Å². The van der Waals surface area contributed by atoms with Crippen molar-refractivity contribution >= 4 is 5.69 Å². The van der Waals surface area contributed by atoms with Crippen LogP contribution in [0.1, 0.15) is 24.2 Å². The van der Waals surface area contributed by atoms with Crippen LogP contribution in [0.2, 0.25) is 0 Å². The highest BCUT2D eigenvalue weighted by Gasteiger charge is 2.10. The van der Waals surface area contributed by atoms with E-state index in [4.69, 9.17) is 10.5 Å². The average Bonchev–Trinajstić information content (AvgIpc) is 2.41. The molecule has 0 bridgehead atoms. The fraction of sp³-hybridized carbons (Fsp3) is 0.214. The summed E-state index contributed by atoms with van der Waals surface area (Å²) >= 11 is 0. The molecule has 6 heteroatoms. The summed E-state index contributed by atoms with van der Waals surface area (Å²) in [6.07, 6.45) is 1.55. The number of nitro benzene ring substituents is 1.